The Morgan fingerprint density at radius 2 is 2.11 bits per heavy atom. The lowest BCUT2D eigenvalue weighted by molar-refractivity contribution is 0.236. The maximum atomic E-state index is 12.1. The molecule has 1 heterocycles. The molecule has 6 heteroatoms. The zero-order chi connectivity index (χ0) is 13.6. The first-order chi connectivity index (χ1) is 8.47. The van der Waals surface area contributed by atoms with Gasteiger partial charge in [0.1, 0.15) is 0 Å². The first-order valence-corrected chi connectivity index (χ1v) is 7.58. The van der Waals surface area contributed by atoms with E-state index in [1.807, 2.05) is 6.07 Å². The molecule has 0 unspecified atom stereocenters. The molecule has 0 atom stereocenters. The molecule has 1 aromatic heterocycles. The van der Waals surface area contributed by atoms with Crippen LogP contribution in [0.25, 0.3) is 0 Å². The van der Waals surface area contributed by atoms with E-state index in [-0.39, 0.29) is 24.9 Å². The number of aliphatic hydroxyl groups excluding tert-OH is 1. The number of aromatic nitrogens is 1. The van der Waals surface area contributed by atoms with Crippen LogP contribution in [0, 0.1) is 0 Å². The Labute approximate surface area is 109 Å². The first kappa shape index (κ1) is 15.1. The zero-order valence-corrected chi connectivity index (χ0v) is 11.6. The lowest BCUT2D eigenvalue weighted by Crippen LogP contribution is -2.40. The lowest BCUT2D eigenvalue weighted by atomic mass is 10.3. The monoisotopic (exact) mass is 272 g/mol. The molecule has 0 radical (unpaired) electrons. The molecule has 1 rings (SSSR count). The van der Waals surface area contributed by atoms with E-state index in [0.29, 0.717) is 6.42 Å². The van der Waals surface area contributed by atoms with Crippen molar-refractivity contribution in [2.75, 3.05) is 18.9 Å². The van der Waals surface area contributed by atoms with E-state index >= 15 is 0 Å². The van der Waals surface area contributed by atoms with Crippen LogP contribution in [0.1, 0.15) is 19.5 Å². The molecule has 0 saturated heterocycles. The summed E-state index contributed by atoms with van der Waals surface area (Å²) in [5.41, 5.74) is 0.758. The van der Waals surface area contributed by atoms with Crippen LogP contribution in [0.3, 0.4) is 0 Å². The Morgan fingerprint density at radius 3 is 2.61 bits per heavy atom. The molecule has 0 aromatic carbocycles. The Balaban J connectivity index is 2.68. The number of pyridine rings is 1. The molecule has 102 valence electrons. The maximum absolute atomic E-state index is 12.1. The van der Waals surface area contributed by atoms with Crippen LogP contribution in [0.15, 0.2) is 24.4 Å². The number of nitrogens with zero attached hydrogens (tertiary/aromatic N) is 2. The Hall–Kier alpha value is -0.980. The van der Waals surface area contributed by atoms with Gasteiger partial charge in [-0.1, -0.05) is 6.07 Å². The smallest absolute Gasteiger partial charge is 0.214 e. The molecule has 0 saturated carbocycles. The van der Waals surface area contributed by atoms with Gasteiger partial charge >= 0.3 is 0 Å². The second-order valence-electron chi connectivity index (χ2n) is 4.32. The largest absolute Gasteiger partial charge is 0.395 e. The first-order valence-electron chi connectivity index (χ1n) is 5.97. The summed E-state index contributed by atoms with van der Waals surface area (Å²) in [6.45, 7) is 3.57. The second kappa shape index (κ2) is 6.82. The summed E-state index contributed by atoms with van der Waals surface area (Å²) >= 11 is 0. The van der Waals surface area contributed by atoms with E-state index in [1.54, 1.807) is 32.2 Å². The lowest BCUT2D eigenvalue weighted by Gasteiger charge is -2.24. The summed E-state index contributed by atoms with van der Waals surface area (Å²) in [5.74, 6) is 0.0161. The van der Waals surface area contributed by atoms with E-state index in [2.05, 4.69) is 4.98 Å². The molecule has 5 nitrogen and oxygen atoms in total. The van der Waals surface area contributed by atoms with Crippen molar-refractivity contribution >= 4 is 10.0 Å². The number of aryl methyl sites for hydroxylation is 1. The van der Waals surface area contributed by atoms with Gasteiger partial charge in [0.2, 0.25) is 10.0 Å². The van der Waals surface area contributed by atoms with Crippen LogP contribution in [0.2, 0.25) is 0 Å². The molecule has 1 N–H and O–H groups in total. The molecule has 0 aliphatic rings. The number of aliphatic hydroxyl groups is 1. The third kappa shape index (κ3) is 4.36. The minimum atomic E-state index is -3.35. The van der Waals surface area contributed by atoms with Gasteiger partial charge in [-0.2, -0.15) is 4.31 Å². The van der Waals surface area contributed by atoms with Crippen molar-refractivity contribution in [2.45, 2.75) is 26.3 Å². The van der Waals surface area contributed by atoms with Crippen molar-refractivity contribution in [1.82, 2.24) is 9.29 Å². The highest BCUT2D eigenvalue weighted by Crippen LogP contribution is 2.09. The Morgan fingerprint density at radius 1 is 1.39 bits per heavy atom. The fourth-order valence-corrected chi connectivity index (χ4v) is 3.42. The van der Waals surface area contributed by atoms with Crippen molar-refractivity contribution in [3.05, 3.63) is 30.1 Å². The normalized spacial score (nSPS) is 12.3. The molecule has 1 aromatic rings. The number of hydrogen-bond donors (Lipinski definition) is 1. The minimum absolute atomic E-state index is 0.0161. The maximum Gasteiger partial charge on any atom is 0.214 e. The number of rotatable bonds is 7. The third-order valence-corrected chi connectivity index (χ3v) is 4.63. The van der Waals surface area contributed by atoms with Crippen LogP contribution in [-0.4, -0.2) is 47.8 Å². The molecule has 0 spiro atoms. The van der Waals surface area contributed by atoms with Crippen molar-refractivity contribution in [3.8, 4) is 0 Å². The van der Waals surface area contributed by atoms with E-state index in [9.17, 15) is 8.42 Å². The standard InChI is InChI=1S/C12H20N2O3S/c1-11(2)14(8-9-15)18(16,17)10-6-12-5-3-4-7-13-12/h3-5,7,11,15H,6,8-10H2,1-2H3. The molecule has 0 amide bonds. The summed E-state index contributed by atoms with van der Waals surface area (Å²) in [6, 6.07) is 5.29. The molecular weight excluding hydrogens is 252 g/mol. The summed E-state index contributed by atoms with van der Waals surface area (Å²) in [4.78, 5) is 4.10. The highest BCUT2D eigenvalue weighted by atomic mass is 32.2. The number of sulfonamides is 1. The van der Waals surface area contributed by atoms with Crippen LogP contribution in [-0.2, 0) is 16.4 Å². The van der Waals surface area contributed by atoms with Gasteiger partial charge in [-0.3, -0.25) is 4.98 Å². The van der Waals surface area contributed by atoms with E-state index < -0.39 is 10.0 Å². The van der Waals surface area contributed by atoms with Gasteiger partial charge in [0.15, 0.2) is 0 Å². The topological polar surface area (TPSA) is 70.5 Å². The average molecular weight is 272 g/mol. The second-order valence-corrected chi connectivity index (χ2v) is 6.36. The summed E-state index contributed by atoms with van der Waals surface area (Å²) in [5, 5.41) is 8.92. The molecule has 18 heavy (non-hydrogen) atoms. The Kier molecular flexibility index (Phi) is 5.71. The summed E-state index contributed by atoms with van der Waals surface area (Å²) in [7, 11) is -3.35. The SMILES string of the molecule is CC(C)N(CCO)S(=O)(=O)CCc1ccccn1. The highest BCUT2D eigenvalue weighted by molar-refractivity contribution is 7.89. The predicted molar refractivity (Wildman–Crippen MR) is 70.7 cm³/mol. The molecular formula is C12H20N2O3S. The van der Waals surface area contributed by atoms with Crippen molar-refractivity contribution in [3.63, 3.8) is 0 Å². The van der Waals surface area contributed by atoms with Crippen LogP contribution in [0.4, 0.5) is 0 Å². The Bertz CT molecular complexity index is 446. The van der Waals surface area contributed by atoms with Crippen molar-refractivity contribution in [2.24, 2.45) is 0 Å². The zero-order valence-electron chi connectivity index (χ0n) is 10.8. The average Bonchev–Trinajstić information content (AvgIpc) is 2.34. The fourth-order valence-electron chi connectivity index (χ4n) is 1.71. The number of hydrogen-bond acceptors (Lipinski definition) is 4. The van der Waals surface area contributed by atoms with Crippen LogP contribution in [0.5, 0.6) is 0 Å². The van der Waals surface area contributed by atoms with E-state index in [0.717, 1.165) is 5.69 Å². The van der Waals surface area contributed by atoms with Gasteiger partial charge in [0, 0.05) is 30.9 Å². The fraction of sp³-hybridized carbons (Fsp3) is 0.583. The van der Waals surface area contributed by atoms with Gasteiger partial charge in [-0.15, -0.1) is 0 Å². The van der Waals surface area contributed by atoms with E-state index in [4.69, 9.17) is 5.11 Å². The van der Waals surface area contributed by atoms with Crippen molar-refractivity contribution < 1.29 is 13.5 Å². The van der Waals surface area contributed by atoms with Crippen LogP contribution < -0.4 is 0 Å². The minimum Gasteiger partial charge on any atom is -0.395 e. The van der Waals surface area contributed by atoms with E-state index in [1.165, 1.54) is 4.31 Å². The summed E-state index contributed by atoms with van der Waals surface area (Å²) in [6.07, 6.45) is 2.04. The molecule has 0 bridgehead atoms. The van der Waals surface area contributed by atoms with Crippen LogP contribution >= 0.6 is 0 Å². The van der Waals surface area contributed by atoms with Gasteiger partial charge in [0.25, 0.3) is 0 Å². The molecule has 0 aliphatic heterocycles. The quantitative estimate of drug-likeness (QED) is 0.791. The van der Waals surface area contributed by atoms with Gasteiger partial charge in [0.05, 0.1) is 12.4 Å². The third-order valence-electron chi connectivity index (χ3n) is 2.60. The molecule has 0 aliphatic carbocycles. The summed E-state index contributed by atoms with van der Waals surface area (Å²) < 4.78 is 25.6. The molecule has 0 fully saturated rings. The predicted octanol–water partition coefficient (Wildman–Crippen LogP) is 0.657. The highest BCUT2D eigenvalue weighted by Gasteiger charge is 2.24. The van der Waals surface area contributed by atoms with Gasteiger partial charge < -0.3 is 5.11 Å². The van der Waals surface area contributed by atoms with Gasteiger partial charge in [-0.25, -0.2) is 8.42 Å². The van der Waals surface area contributed by atoms with Crippen molar-refractivity contribution in [1.29, 1.82) is 0 Å². The van der Waals surface area contributed by atoms with Gasteiger partial charge in [-0.05, 0) is 26.0 Å².